The number of unbranched alkanes of at least 4 members (excludes halogenated alkanes) is 5. The fourth-order valence-electron chi connectivity index (χ4n) is 0.957. The topological polar surface area (TPSA) is 27.6 Å². The minimum atomic E-state index is 0. The first-order valence-corrected chi connectivity index (χ1v) is 4.21. The molecular weight excluding hydrogens is 122 g/mol. The maximum absolute atomic E-state index is 3.80. The predicted octanol–water partition coefficient (Wildman–Crippen LogP) is 2.22. The zero-order chi connectivity index (χ0) is 6.95. The Morgan fingerprint density at radius 1 is 0.900 bits per heavy atom. The van der Waals surface area contributed by atoms with Crippen LogP contribution >= 0.6 is 0 Å². The molecule has 0 aliphatic rings. The Bertz CT molecular complexity index is 38.0. The van der Waals surface area contributed by atoms with E-state index in [0.717, 1.165) is 6.54 Å². The average Bonchev–Trinajstić information content (AvgIpc) is 1.89. The Morgan fingerprint density at radius 3 is 1.90 bits per heavy atom. The quantitative estimate of drug-likeness (QED) is 0.557. The number of hydrogen-bond acceptors (Lipinski definition) is 0. The van der Waals surface area contributed by atoms with Gasteiger partial charge in [-0.15, -0.1) is 0 Å². The van der Waals surface area contributed by atoms with Crippen molar-refractivity contribution in [2.24, 2.45) is 0 Å². The zero-order valence-electron chi connectivity index (χ0n) is 6.66. The fraction of sp³-hybridized carbons (Fsp3) is 1.00. The fourth-order valence-corrected chi connectivity index (χ4v) is 0.957. The van der Waals surface area contributed by atoms with Crippen molar-refractivity contribution in [2.45, 2.75) is 52.9 Å². The van der Waals surface area contributed by atoms with Gasteiger partial charge in [0.2, 0.25) is 0 Å². The van der Waals surface area contributed by atoms with E-state index in [4.69, 9.17) is 0 Å². The standard InChI is InChI=1S/C8H19N.CH4/c1-2-3-4-5-6-7-8-9;/h2-9H2,1H3;1H4/p+1. The van der Waals surface area contributed by atoms with Gasteiger partial charge in [0.1, 0.15) is 0 Å². The molecule has 0 atom stereocenters. The first kappa shape index (κ1) is 12.6. The molecule has 0 heterocycles. The van der Waals surface area contributed by atoms with Crippen LogP contribution in [0.5, 0.6) is 0 Å². The molecule has 64 valence electrons. The molecule has 0 aliphatic carbocycles. The zero-order valence-corrected chi connectivity index (χ0v) is 6.66. The van der Waals surface area contributed by atoms with Crippen molar-refractivity contribution >= 4 is 0 Å². The van der Waals surface area contributed by atoms with E-state index >= 15 is 0 Å². The van der Waals surface area contributed by atoms with Gasteiger partial charge in [0.25, 0.3) is 0 Å². The third-order valence-electron chi connectivity index (χ3n) is 1.60. The van der Waals surface area contributed by atoms with E-state index in [0.29, 0.717) is 0 Å². The molecular formula is C9H24N+. The lowest BCUT2D eigenvalue weighted by Crippen LogP contribution is -2.50. The van der Waals surface area contributed by atoms with E-state index < -0.39 is 0 Å². The molecule has 1 heteroatoms. The molecule has 0 aromatic carbocycles. The van der Waals surface area contributed by atoms with Gasteiger partial charge in [-0.1, -0.05) is 40.0 Å². The Balaban J connectivity index is 0. The molecule has 0 aliphatic heterocycles. The first-order valence-electron chi connectivity index (χ1n) is 4.21. The second kappa shape index (κ2) is 11.7. The molecule has 0 unspecified atom stereocenters. The van der Waals surface area contributed by atoms with Crippen molar-refractivity contribution in [2.75, 3.05) is 6.54 Å². The number of quaternary nitrogens is 1. The van der Waals surface area contributed by atoms with E-state index in [-0.39, 0.29) is 7.43 Å². The largest absolute Gasteiger partial charge is 0.358 e. The highest BCUT2D eigenvalue weighted by atomic mass is 14.5. The number of hydrogen-bond donors (Lipinski definition) is 1. The van der Waals surface area contributed by atoms with Gasteiger partial charge in [-0.2, -0.15) is 0 Å². The highest BCUT2D eigenvalue weighted by Gasteiger charge is 1.87. The maximum Gasteiger partial charge on any atom is 0.0739 e. The van der Waals surface area contributed by atoms with Crippen LogP contribution in [0.15, 0.2) is 0 Å². The maximum atomic E-state index is 3.80. The van der Waals surface area contributed by atoms with Crippen LogP contribution in [0, 0.1) is 0 Å². The summed E-state index contributed by atoms with van der Waals surface area (Å²) in [4.78, 5) is 0. The van der Waals surface area contributed by atoms with Crippen LogP contribution in [0.1, 0.15) is 52.9 Å². The van der Waals surface area contributed by atoms with Crippen LogP contribution in [-0.2, 0) is 0 Å². The van der Waals surface area contributed by atoms with Gasteiger partial charge in [0, 0.05) is 0 Å². The van der Waals surface area contributed by atoms with Gasteiger partial charge in [-0.25, -0.2) is 0 Å². The minimum Gasteiger partial charge on any atom is -0.358 e. The van der Waals surface area contributed by atoms with E-state index in [1.165, 1.54) is 38.5 Å². The molecule has 0 rings (SSSR count). The summed E-state index contributed by atoms with van der Waals surface area (Å²) in [6, 6.07) is 0. The minimum absolute atomic E-state index is 0. The van der Waals surface area contributed by atoms with Crippen LogP contribution in [-0.4, -0.2) is 6.54 Å². The van der Waals surface area contributed by atoms with Gasteiger partial charge in [-0.3, -0.25) is 0 Å². The molecule has 3 N–H and O–H groups in total. The van der Waals surface area contributed by atoms with Gasteiger partial charge >= 0.3 is 0 Å². The van der Waals surface area contributed by atoms with Crippen LogP contribution < -0.4 is 5.73 Å². The summed E-state index contributed by atoms with van der Waals surface area (Å²) < 4.78 is 0. The first-order chi connectivity index (χ1) is 4.41. The summed E-state index contributed by atoms with van der Waals surface area (Å²) in [5, 5.41) is 0. The molecule has 0 fully saturated rings. The van der Waals surface area contributed by atoms with Gasteiger partial charge in [0.15, 0.2) is 0 Å². The lowest BCUT2D eigenvalue weighted by atomic mass is 10.1. The van der Waals surface area contributed by atoms with E-state index in [1.54, 1.807) is 0 Å². The second-order valence-electron chi connectivity index (χ2n) is 2.62. The lowest BCUT2D eigenvalue weighted by molar-refractivity contribution is -0.368. The van der Waals surface area contributed by atoms with Crippen molar-refractivity contribution in [3.05, 3.63) is 0 Å². The molecule has 0 amide bonds. The molecule has 10 heavy (non-hydrogen) atoms. The molecule has 0 saturated heterocycles. The highest BCUT2D eigenvalue weighted by molar-refractivity contribution is 4.41. The van der Waals surface area contributed by atoms with Gasteiger partial charge < -0.3 is 5.73 Å². The highest BCUT2D eigenvalue weighted by Crippen LogP contribution is 2.03. The summed E-state index contributed by atoms with van der Waals surface area (Å²) >= 11 is 0. The molecule has 0 radical (unpaired) electrons. The van der Waals surface area contributed by atoms with Crippen molar-refractivity contribution in [3.63, 3.8) is 0 Å². The summed E-state index contributed by atoms with van der Waals surface area (Å²) in [6.45, 7) is 3.37. The van der Waals surface area contributed by atoms with Crippen LogP contribution in [0.3, 0.4) is 0 Å². The Hall–Kier alpha value is -0.0400. The Kier molecular flexibility index (Phi) is 14.8. The van der Waals surface area contributed by atoms with Crippen molar-refractivity contribution in [3.8, 4) is 0 Å². The molecule has 0 spiro atoms. The monoisotopic (exact) mass is 146 g/mol. The SMILES string of the molecule is C.CCCCCCCC[NH3+]. The molecule has 1 nitrogen and oxygen atoms in total. The van der Waals surface area contributed by atoms with E-state index in [1.807, 2.05) is 0 Å². The molecule has 0 aromatic rings. The summed E-state index contributed by atoms with van der Waals surface area (Å²) in [5.74, 6) is 0. The average molecular weight is 146 g/mol. The van der Waals surface area contributed by atoms with Crippen molar-refractivity contribution in [1.82, 2.24) is 0 Å². The third kappa shape index (κ3) is 10.9. The van der Waals surface area contributed by atoms with Gasteiger partial charge in [-0.05, 0) is 12.8 Å². The van der Waals surface area contributed by atoms with E-state index in [2.05, 4.69) is 12.7 Å². The molecule has 0 aromatic heterocycles. The lowest BCUT2D eigenvalue weighted by Gasteiger charge is -1.95. The molecule has 0 bridgehead atoms. The van der Waals surface area contributed by atoms with Crippen LogP contribution in [0.4, 0.5) is 0 Å². The summed E-state index contributed by atoms with van der Waals surface area (Å²) in [5.41, 5.74) is 3.80. The predicted molar refractivity (Wildman–Crippen MR) is 47.9 cm³/mol. The van der Waals surface area contributed by atoms with Crippen molar-refractivity contribution < 1.29 is 5.73 Å². The molecule has 0 saturated carbocycles. The summed E-state index contributed by atoms with van der Waals surface area (Å²) in [7, 11) is 0. The van der Waals surface area contributed by atoms with Crippen LogP contribution in [0.25, 0.3) is 0 Å². The Morgan fingerprint density at radius 2 is 1.40 bits per heavy atom. The van der Waals surface area contributed by atoms with Gasteiger partial charge in [0.05, 0.1) is 6.54 Å². The Labute approximate surface area is 66.0 Å². The van der Waals surface area contributed by atoms with Crippen LogP contribution in [0.2, 0.25) is 0 Å². The second-order valence-corrected chi connectivity index (χ2v) is 2.62. The van der Waals surface area contributed by atoms with Crippen molar-refractivity contribution in [1.29, 1.82) is 0 Å². The third-order valence-corrected chi connectivity index (χ3v) is 1.60. The number of rotatable bonds is 6. The summed E-state index contributed by atoms with van der Waals surface area (Å²) in [6.07, 6.45) is 8.33. The normalized spacial score (nSPS) is 9.00. The smallest absolute Gasteiger partial charge is 0.0739 e. The van der Waals surface area contributed by atoms with E-state index in [9.17, 15) is 0 Å².